The van der Waals surface area contributed by atoms with Gasteiger partial charge in [-0.3, -0.25) is 18.9 Å². The second-order valence-electron chi connectivity index (χ2n) is 7.45. The van der Waals surface area contributed by atoms with E-state index in [-0.39, 0.29) is 18.2 Å². The third-order valence-corrected chi connectivity index (χ3v) is 6.49. The van der Waals surface area contributed by atoms with E-state index in [4.69, 9.17) is 0 Å². The number of likely N-dealkylation sites (tertiary alicyclic amines) is 1. The van der Waals surface area contributed by atoms with Crippen molar-refractivity contribution in [3.8, 4) is 0 Å². The molecule has 2 aliphatic rings. The molecule has 1 saturated heterocycles. The average Bonchev–Trinajstić information content (AvgIpc) is 3.26. The van der Waals surface area contributed by atoms with Gasteiger partial charge in [0, 0.05) is 44.1 Å². The minimum Gasteiger partial charge on any atom is -0.338 e. The van der Waals surface area contributed by atoms with Crippen LogP contribution in [0.3, 0.4) is 0 Å². The van der Waals surface area contributed by atoms with Gasteiger partial charge >= 0.3 is 0 Å². The van der Waals surface area contributed by atoms with E-state index in [2.05, 4.69) is 10.3 Å². The first-order valence-corrected chi connectivity index (χ1v) is 11.2. The molecule has 29 heavy (non-hydrogen) atoms. The largest absolute Gasteiger partial charge is 0.338 e. The van der Waals surface area contributed by atoms with E-state index in [1.807, 2.05) is 18.2 Å². The maximum Gasteiger partial charge on any atom is 0.232 e. The number of carbonyl (C=O) groups excluding carboxylic acids is 2. The predicted molar refractivity (Wildman–Crippen MR) is 109 cm³/mol. The molecule has 2 amide bonds. The zero-order valence-electron chi connectivity index (χ0n) is 16.0. The lowest BCUT2D eigenvalue weighted by Gasteiger charge is -2.17. The minimum atomic E-state index is -3.30. The first-order chi connectivity index (χ1) is 13.8. The summed E-state index contributed by atoms with van der Waals surface area (Å²) in [4.78, 5) is 30.6. The van der Waals surface area contributed by atoms with Gasteiger partial charge in [-0.1, -0.05) is 0 Å². The number of hydrogen-bond acceptors (Lipinski definition) is 5. The van der Waals surface area contributed by atoms with Crippen LogP contribution in [0.5, 0.6) is 0 Å². The summed E-state index contributed by atoms with van der Waals surface area (Å²) in [6.45, 7) is 1.25. The Bertz CT molecular complexity index is 1060. The summed E-state index contributed by atoms with van der Waals surface area (Å²) < 4.78 is 25.1. The summed E-state index contributed by atoms with van der Waals surface area (Å²) in [5.74, 6) is -0.654. The molecule has 0 radical (unpaired) electrons. The van der Waals surface area contributed by atoms with Crippen LogP contribution in [-0.4, -0.2) is 49.5 Å². The fraction of sp³-hybridized carbons (Fsp3) is 0.350. The highest BCUT2D eigenvalue weighted by molar-refractivity contribution is 7.92. The number of aromatic nitrogens is 1. The highest BCUT2D eigenvalue weighted by Crippen LogP contribution is 2.32. The molecule has 0 bridgehead atoms. The quantitative estimate of drug-likeness (QED) is 0.797. The van der Waals surface area contributed by atoms with Crippen LogP contribution in [0.15, 0.2) is 42.7 Å². The Morgan fingerprint density at radius 1 is 1.24 bits per heavy atom. The van der Waals surface area contributed by atoms with Crippen LogP contribution in [0, 0.1) is 5.92 Å². The molecule has 9 heteroatoms. The number of benzene rings is 1. The maximum atomic E-state index is 12.7. The van der Waals surface area contributed by atoms with E-state index in [9.17, 15) is 18.0 Å². The van der Waals surface area contributed by atoms with Crippen LogP contribution in [0.1, 0.15) is 17.5 Å². The number of anilines is 2. The first kappa shape index (κ1) is 19.4. The number of rotatable bonds is 5. The fourth-order valence-electron chi connectivity index (χ4n) is 3.85. The molecule has 0 aliphatic carbocycles. The van der Waals surface area contributed by atoms with Gasteiger partial charge in [0.25, 0.3) is 0 Å². The topological polar surface area (TPSA) is 99.7 Å². The summed E-state index contributed by atoms with van der Waals surface area (Å²) >= 11 is 0. The number of nitrogens with zero attached hydrogens (tertiary/aromatic N) is 3. The highest BCUT2D eigenvalue weighted by Gasteiger charge is 2.34. The predicted octanol–water partition coefficient (Wildman–Crippen LogP) is 1.39. The van der Waals surface area contributed by atoms with E-state index in [1.54, 1.807) is 29.4 Å². The highest BCUT2D eigenvalue weighted by atomic mass is 32.2. The number of fused-ring (bicyclic) bond motifs is 1. The third kappa shape index (κ3) is 4.09. The molecule has 1 N–H and O–H groups in total. The van der Waals surface area contributed by atoms with Crippen LogP contribution in [0.4, 0.5) is 11.4 Å². The third-order valence-electron chi connectivity index (χ3n) is 5.31. The molecule has 0 saturated carbocycles. The Balaban J connectivity index is 1.41. The second-order valence-corrected chi connectivity index (χ2v) is 9.36. The van der Waals surface area contributed by atoms with Crippen molar-refractivity contribution in [2.75, 3.05) is 29.0 Å². The molecule has 0 unspecified atom stereocenters. The Kier molecular flexibility index (Phi) is 4.99. The molecule has 152 valence electrons. The molecular weight excluding hydrogens is 392 g/mol. The molecule has 8 nitrogen and oxygen atoms in total. The van der Waals surface area contributed by atoms with Crippen LogP contribution >= 0.6 is 0 Å². The molecule has 1 fully saturated rings. The number of nitrogens with one attached hydrogen (secondary N) is 1. The van der Waals surface area contributed by atoms with Crippen LogP contribution in [0.2, 0.25) is 0 Å². The average molecular weight is 414 g/mol. The number of carbonyl (C=O) groups is 2. The Morgan fingerprint density at radius 3 is 2.72 bits per heavy atom. The van der Waals surface area contributed by atoms with E-state index in [1.165, 1.54) is 10.6 Å². The standard InChI is InChI=1S/C20H22N4O4S/c1-29(27,28)24-9-6-15-10-17(2-3-18(15)24)22-20(26)16-11-19(25)23(13-16)12-14-4-7-21-8-5-14/h2-5,7-8,10,16H,6,9,11-13H2,1H3,(H,22,26)/t16-/m0/s1. The van der Waals surface area contributed by atoms with E-state index in [0.717, 1.165) is 11.1 Å². The number of hydrogen-bond donors (Lipinski definition) is 1. The van der Waals surface area contributed by atoms with Crippen molar-refractivity contribution in [3.05, 3.63) is 53.9 Å². The summed E-state index contributed by atoms with van der Waals surface area (Å²) in [5, 5.41) is 2.88. The van der Waals surface area contributed by atoms with Crippen molar-refractivity contribution in [3.63, 3.8) is 0 Å². The smallest absolute Gasteiger partial charge is 0.232 e. The lowest BCUT2D eigenvalue weighted by molar-refractivity contribution is -0.128. The lowest BCUT2D eigenvalue weighted by Crippen LogP contribution is -2.28. The maximum absolute atomic E-state index is 12.7. The van der Waals surface area contributed by atoms with Gasteiger partial charge < -0.3 is 10.2 Å². The van der Waals surface area contributed by atoms with Gasteiger partial charge in [-0.25, -0.2) is 8.42 Å². The summed E-state index contributed by atoms with van der Waals surface area (Å²) in [6, 6.07) is 8.93. The van der Waals surface area contributed by atoms with E-state index >= 15 is 0 Å². The monoisotopic (exact) mass is 414 g/mol. The molecule has 2 aromatic rings. The molecule has 2 aliphatic heterocycles. The van der Waals surface area contributed by atoms with Crippen molar-refractivity contribution >= 4 is 33.2 Å². The van der Waals surface area contributed by atoms with E-state index < -0.39 is 15.9 Å². The van der Waals surface area contributed by atoms with E-state index in [0.29, 0.717) is 37.4 Å². The Morgan fingerprint density at radius 2 is 2.00 bits per heavy atom. The van der Waals surface area contributed by atoms with Crippen molar-refractivity contribution in [1.82, 2.24) is 9.88 Å². The van der Waals surface area contributed by atoms with Gasteiger partial charge in [0.2, 0.25) is 21.8 Å². The first-order valence-electron chi connectivity index (χ1n) is 9.39. The summed E-state index contributed by atoms with van der Waals surface area (Å²) in [6.07, 6.45) is 5.34. The molecule has 3 heterocycles. The lowest BCUT2D eigenvalue weighted by atomic mass is 10.1. The van der Waals surface area contributed by atoms with Crippen LogP contribution in [0.25, 0.3) is 0 Å². The number of sulfonamides is 1. The molecule has 1 aromatic heterocycles. The molecule has 0 spiro atoms. The number of amides is 2. The Labute approximate surface area is 169 Å². The Hall–Kier alpha value is -2.94. The van der Waals surface area contributed by atoms with Crippen molar-refractivity contribution in [2.24, 2.45) is 5.92 Å². The SMILES string of the molecule is CS(=O)(=O)N1CCc2cc(NC(=O)[C@H]3CC(=O)N(Cc4ccncc4)C3)ccc21. The van der Waals surface area contributed by atoms with Crippen molar-refractivity contribution in [2.45, 2.75) is 19.4 Å². The molecule has 1 aromatic carbocycles. The zero-order valence-corrected chi connectivity index (χ0v) is 16.9. The zero-order chi connectivity index (χ0) is 20.6. The molecular formula is C20H22N4O4S. The van der Waals surface area contributed by atoms with Gasteiger partial charge in [-0.05, 0) is 47.9 Å². The molecule has 4 rings (SSSR count). The van der Waals surface area contributed by atoms with Gasteiger partial charge in [-0.15, -0.1) is 0 Å². The molecule has 1 atom stereocenters. The van der Waals surface area contributed by atoms with Gasteiger partial charge in [0.05, 0.1) is 17.9 Å². The summed E-state index contributed by atoms with van der Waals surface area (Å²) in [5.41, 5.74) is 3.13. The van der Waals surface area contributed by atoms with Gasteiger partial charge in [0.15, 0.2) is 0 Å². The van der Waals surface area contributed by atoms with Crippen LogP contribution in [-0.2, 0) is 32.6 Å². The van der Waals surface area contributed by atoms with Crippen molar-refractivity contribution in [1.29, 1.82) is 0 Å². The van der Waals surface area contributed by atoms with Crippen LogP contribution < -0.4 is 9.62 Å². The number of pyridine rings is 1. The normalized spacial score (nSPS) is 18.8. The summed E-state index contributed by atoms with van der Waals surface area (Å²) in [7, 11) is -3.30. The van der Waals surface area contributed by atoms with Gasteiger partial charge in [0.1, 0.15) is 0 Å². The van der Waals surface area contributed by atoms with Gasteiger partial charge in [-0.2, -0.15) is 0 Å². The minimum absolute atomic E-state index is 0.0419. The van der Waals surface area contributed by atoms with Crippen molar-refractivity contribution < 1.29 is 18.0 Å². The fourth-order valence-corrected chi connectivity index (χ4v) is 4.81. The second kappa shape index (κ2) is 7.47.